The van der Waals surface area contributed by atoms with Gasteiger partial charge in [-0.15, -0.1) is 0 Å². The van der Waals surface area contributed by atoms with Crippen LogP contribution in [0.1, 0.15) is 27.9 Å². The molecule has 1 fully saturated rings. The third-order valence-electron chi connectivity index (χ3n) is 5.52. The molecule has 3 aromatic carbocycles. The van der Waals surface area contributed by atoms with Crippen LogP contribution in [-0.2, 0) is 14.6 Å². The van der Waals surface area contributed by atoms with Crippen LogP contribution in [0.3, 0.4) is 0 Å². The highest BCUT2D eigenvalue weighted by molar-refractivity contribution is 7.91. The van der Waals surface area contributed by atoms with Gasteiger partial charge in [0.25, 0.3) is 11.8 Å². The molecule has 0 saturated carbocycles. The quantitative estimate of drug-likeness (QED) is 0.490. The summed E-state index contributed by atoms with van der Waals surface area (Å²) in [5, 5.41) is 5.43. The van der Waals surface area contributed by atoms with Crippen molar-refractivity contribution in [3.8, 4) is 11.5 Å². The first kappa shape index (κ1) is 24.2. The van der Waals surface area contributed by atoms with Crippen LogP contribution in [0.25, 0.3) is 6.08 Å². The molecule has 1 aliphatic heterocycles. The second-order valence-corrected chi connectivity index (χ2v) is 10.7. The molecule has 1 aliphatic rings. The summed E-state index contributed by atoms with van der Waals surface area (Å²) in [5.41, 5.74) is 2.05. The minimum atomic E-state index is -3.17. The molecule has 8 heteroatoms. The zero-order valence-corrected chi connectivity index (χ0v) is 20.0. The molecule has 0 aliphatic carbocycles. The molecule has 0 bridgehead atoms. The van der Waals surface area contributed by atoms with Crippen molar-refractivity contribution in [3.63, 3.8) is 0 Å². The average Bonchev–Trinajstić information content (AvgIpc) is 3.18. The fourth-order valence-electron chi connectivity index (χ4n) is 3.69. The van der Waals surface area contributed by atoms with E-state index < -0.39 is 27.7 Å². The maximum absolute atomic E-state index is 13.1. The molecular formula is C27H26N2O5S. The van der Waals surface area contributed by atoms with E-state index in [4.69, 9.17) is 4.74 Å². The number of nitrogens with one attached hydrogen (secondary N) is 2. The van der Waals surface area contributed by atoms with Crippen molar-refractivity contribution in [2.45, 2.75) is 19.4 Å². The Morgan fingerprint density at radius 2 is 1.66 bits per heavy atom. The molecule has 1 heterocycles. The number of sulfone groups is 1. The standard InChI is InChI=1S/C27H26N2O5S/c1-19-10-12-21(13-11-19)26(30)29-25(27(31)28-22-14-15-35(32,33)18-22)17-20-6-5-9-24(16-20)34-23-7-3-2-4-8-23/h2-13,16-17,22H,14-15,18H2,1H3,(H,28,31)(H,29,30)/b25-17+/t22-/m0/s1. The minimum absolute atomic E-state index is 0.0109. The van der Waals surface area contributed by atoms with Gasteiger partial charge in [0.15, 0.2) is 9.84 Å². The number of aryl methyl sites for hydroxylation is 1. The third-order valence-corrected chi connectivity index (χ3v) is 7.29. The normalized spacial score (nSPS) is 16.9. The number of carbonyl (C=O) groups is 2. The van der Waals surface area contributed by atoms with Gasteiger partial charge >= 0.3 is 0 Å². The molecule has 7 nitrogen and oxygen atoms in total. The lowest BCUT2D eigenvalue weighted by Crippen LogP contribution is -2.41. The van der Waals surface area contributed by atoms with Crippen LogP contribution in [0.2, 0.25) is 0 Å². The van der Waals surface area contributed by atoms with Crippen molar-refractivity contribution in [3.05, 3.63) is 101 Å². The van der Waals surface area contributed by atoms with Crippen molar-refractivity contribution in [2.75, 3.05) is 11.5 Å². The second kappa shape index (κ2) is 10.6. The molecule has 2 amide bonds. The monoisotopic (exact) mass is 490 g/mol. The van der Waals surface area contributed by atoms with Crippen molar-refractivity contribution in [1.82, 2.24) is 10.6 Å². The van der Waals surface area contributed by atoms with Gasteiger partial charge in [0, 0.05) is 11.6 Å². The van der Waals surface area contributed by atoms with Gasteiger partial charge in [-0.3, -0.25) is 9.59 Å². The van der Waals surface area contributed by atoms with E-state index in [9.17, 15) is 18.0 Å². The summed E-state index contributed by atoms with van der Waals surface area (Å²) in [6.07, 6.45) is 1.89. The van der Waals surface area contributed by atoms with E-state index in [1.165, 1.54) is 0 Å². The number of carbonyl (C=O) groups excluding carboxylic acids is 2. The van der Waals surface area contributed by atoms with E-state index in [0.717, 1.165) is 5.56 Å². The van der Waals surface area contributed by atoms with Crippen LogP contribution >= 0.6 is 0 Å². The van der Waals surface area contributed by atoms with E-state index in [0.29, 0.717) is 29.0 Å². The van der Waals surface area contributed by atoms with E-state index in [1.54, 1.807) is 42.5 Å². The Bertz CT molecular complexity index is 1350. The van der Waals surface area contributed by atoms with Gasteiger partial charge < -0.3 is 15.4 Å². The van der Waals surface area contributed by atoms with Gasteiger partial charge in [-0.2, -0.15) is 0 Å². The van der Waals surface area contributed by atoms with Crippen LogP contribution in [0, 0.1) is 6.92 Å². The summed E-state index contributed by atoms with van der Waals surface area (Å²) in [6, 6.07) is 22.9. The van der Waals surface area contributed by atoms with Crippen molar-refractivity contribution >= 4 is 27.7 Å². The number of ether oxygens (including phenoxy) is 1. The fraction of sp³-hybridized carbons (Fsp3) is 0.185. The van der Waals surface area contributed by atoms with Crippen LogP contribution < -0.4 is 15.4 Å². The average molecular weight is 491 g/mol. The van der Waals surface area contributed by atoms with E-state index >= 15 is 0 Å². The maximum Gasteiger partial charge on any atom is 0.268 e. The molecule has 1 saturated heterocycles. The molecule has 0 unspecified atom stereocenters. The lowest BCUT2D eigenvalue weighted by Gasteiger charge is -2.15. The predicted octanol–water partition coefficient (Wildman–Crippen LogP) is 3.86. The Morgan fingerprint density at radius 1 is 0.943 bits per heavy atom. The lowest BCUT2D eigenvalue weighted by atomic mass is 10.1. The Labute approximate surface area is 204 Å². The number of amides is 2. The first-order chi connectivity index (χ1) is 16.8. The molecule has 0 aromatic heterocycles. The Morgan fingerprint density at radius 3 is 2.34 bits per heavy atom. The fourth-order valence-corrected chi connectivity index (χ4v) is 5.36. The molecule has 35 heavy (non-hydrogen) atoms. The Kier molecular flexibility index (Phi) is 7.31. The molecule has 0 spiro atoms. The number of hydrogen-bond donors (Lipinski definition) is 2. The number of para-hydroxylation sites is 1. The Hall–Kier alpha value is -3.91. The summed E-state index contributed by atoms with van der Waals surface area (Å²) in [7, 11) is -3.17. The van der Waals surface area contributed by atoms with Gasteiger partial charge in [0.2, 0.25) is 0 Å². The van der Waals surface area contributed by atoms with Gasteiger partial charge in [0.05, 0.1) is 11.5 Å². The van der Waals surface area contributed by atoms with Gasteiger partial charge in [-0.1, -0.05) is 48.0 Å². The number of rotatable bonds is 7. The molecular weight excluding hydrogens is 464 g/mol. The largest absolute Gasteiger partial charge is 0.457 e. The van der Waals surface area contributed by atoms with Gasteiger partial charge in [-0.05, 0) is 61.4 Å². The smallest absolute Gasteiger partial charge is 0.268 e. The summed E-state index contributed by atoms with van der Waals surface area (Å²) in [4.78, 5) is 25.9. The van der Waals surface area contributed by atoms with Crippen LogP contribution in [0.4, 0.5) is 0 Å². The van der Waals surface area contributed by atoms with Gasteiger partial charge in [0.1, 0.15) is 17.2 Å². The highest BCUT2D eigenvalue weighted by Gasteiger charge is 2.30. The Balaban J connectivity index is 1.58. The second-order valence-electron chi connectivity index (χ2n) is 8.44. The van der Waals surface area contributed by atoms with Crippen molar-refractivity contribution < 1.29 is 22.7 Å². The van der Waals surface area contributed by atoms with Crippen LogP contribution in [-0.4, -0.2) is 37.8 Å². The number of hydrogen-bond acceptors (Lipinski definition) is 5. The van der Waals surface area contributed by atoms with Gasteiger partial charge in [-0.25, -0.2) is 8.42 Å². The SMILES string of the molecule is Cc1ccc(C(=O)N/C(=C/c2cccc(Oc3ccccc3)c2)C(=O)N[C@H]2CCS(=O)(=O)C2)cc1. The maximum atomic E-state index is 13.1. The zero-order chi connectivity index (χ0) is 24.8. The highest BCUT2D eigenvalue weighted by atomic mass is 32.2. The topological polar surface area (TPSA) is 102 Å². The first-order valence-electron chi connectivity index (χ1n) is 11.2. The van der Waals surface area contributed by atoms with E-state index in [2.05, 4.69) is 10.6 Å². The molecule has 180 valence electrons. The summed E-state index contributed by atoms with van der Waals surface area (Å²) in [5.74, 6) is 0.159. The molecule has 1 atom stereocenters. The molecule has 0 radical (unpaired) electrons. The minimum Gasteiger partial charge on any atom is -0.457 e. The first-order valence-corrected chi connectivity index (χ1v) is 13.0. The van der Waals surface area contributed by atoms with Crippen molar-refractivity contribution in [1.29, 1.82) is 0 Å². The molecule has 2 N–H and O–H groups in total. The van der Waals surface area contributed by atoms with Crippen molar-refractivity contribution in [2.24, 2.45) is 0 Å². The van der Waals surface area contributed by atoms with E-state index in [1.807, 2.05) is 49.4 Å². The highest BCUT2D eigenvalue weighted by Crippen LogP contribution is 2.23. The zero-order valence-electron chi connectivity index (χ0n) is 19.2. The molecule has 3 aromatic rings. The summed E-state index contributed by atoms with van der Waals surface area (Å²) >= 11 is 0. The summed E-state index contributed by atoms with van der Waals surface area (Å²) < 4.78 is 29.5. The number of benzene rings is 3. The third kappa shape index (κ3) is 6.80. The van der Waals surface area contributed by atoms with Crippen LogP contribution in [0.15, 0.2) is 84.6 Å². The molecule has 4 rings (SSSR count). The van der Waals surface area contributed by atoms with Crippen LogP contribution in [0.5, 0.6) is 11.5 Å². The summed E-state index contributed by atoms with van der Waals surface area (Å²) in [6.45, 7) is 1.92. The predicted molar refractivity (Wildman–Crippen MR) is 135 cm³/mol. The van der Waals surface area contributed by atoms with E-state index in [-0.39, 0.29) is 17.2 Å². The lowest BCUT2D eigenvalue weighted by molar-refractivity contribution is -0.118.